The van der Waals surface area contributed by atoms with Crippen molar-refractivity contribution in [3.63, 3.8) is 0 Å². The predicted octanol–water partition coefficient (Wildman–Crippen LogP) is 5.59. The molecule has 0 spiro atoms. The van der Waals surface area contributed by atoms with Gasteiger partial charge in [0, 0.05) is 0 Å². The molecule has 8 bridgehead atoms. The first kappa shape index (κ1) is 16.8. The summed E-state index contributed by atoms with van der Waals surface area (Å²) < 4.78 is 13.1. The van der Waals surface area contributed by atoms with Gasteiger partial charge in [-0.05, 0) is 125 Å². The zero-order chi connectivity index (χ0) is 17.4. The fourth-order valence-electron chi connectivity index (χ4n) is 9.34. The average Bonchev–Trinajstić information content (AvgIpc) is 2.56. The molecule has 2 heteroatoms. The summed E-state index contributed by atoms with van der Waals surface area (Å²) in [6, 6.07) is 0. The summed E-state index contributed by atoms with van der Waals surface area (Å²) in [4.78, 5) is 0. The molecule has 0 saturated heterocycles. The standard InChI is InChI=1S/C24H38O2/c1-16(14-26-24-11-20-5-21(12-24)7-22(6-20)13-24)25-15-23-8-17-2-18(9-23)4-19(3-17)10-23/h16-22H,2-15H2,1H3. The van der Waals surface area contributed by atoms with E-state index in [9.17, 15) is 0 Å². The molecule has 0 radical (unpaired) electrons. The van der Waals surface area contributed by atoms with E-state index in [-0.39, 0.29) is 11.7 Å². The van der Waals surface area contributed by atoms with Gasteiger partial charge in [-0.2, -0.15) is 0 Å². The van der Waals surface area contributed by atoms with Crippen molar-refractivity contribution in [1.82, 2.24) is 0 Å². The Morgan fingerprint density at radius 1 is 0.692 bits per heavy atom. The average molecular weight is 359 g/mol. The van der Waals surface area contributed by atoms with E-state index < -0.39 is 0 Å². The van der Waals surface area contributed by atoms with Crippen LogP contribution in [0.3, 0.4) is 0 Å². The molecule has 0 aromatic rings. The van der Waals surface area contributed by atoms with Gasteiger partial charge in [-0.15, -0.1) is 0 Å². The van der Waals surface area contributed by atoms with Crippen LogP contribution < -0.4 is 0 Å². The Morgan fingerprint density at radius 3 is 1.58 bits per heavy atom. The number of ether oxygens (including phenoxy) is 2. The molecular formula is C24H38O2. The molecule has 0 N–H and O–H groups in total. The Hall–Kier alpha value is -0.0800. The van der Waals surface area contributed by atoms with Crippen LogP contribution in [0.1, 0.15) is 84.0 Å². The topological polar surface area (TPSA) is 18.5 Å². The first-order valence-electron chi connectivity index (χ1n) is 11.8. The van der Waals surface area contributed by atoms with Crippen LogP contribution in [-0.2, 0) is 9.47 Å². The molecule has 1 atom stereocenters. The van der Waals surface area contributed by atoms with E-state index in [0.717, 1.165) is 48.7 Å². The molecule has 0 aliphatic heterocycles. The molecular weight excluding hydrogens is 320 g/mol. The van der Waals surface area contributed by atoms with Crippen molar-refractivity contribution < 1.29 is 9.47 Å². The highest BCUT2D eigenvalue weighted by molar-refractivity contribution is 5.03. The Morgan fingerprint density at radius 2 is 1.12 bits per heavy atom. The van der Waals surface area contributed by atoms with Crippen LogP contribution in [0.2, 0.25) is 0 Å². The van der Waals surface area contributed by atoms with Gasteiger partial charge in [0.2, 0.25) is 0 Å². The van der Waals surface area contributed by atoms with Crippen LogP contribution in [0.4, 0.5) is 0 Å². The Kier molecular flexibility index (Phi) is 3.86. The lowest BCUT2D eigenvalue weighted by Gasteiger charge is -2.57. The molecule has 2 nitrogen and oxygen atoms in total. The molecule has 146 valence electrons. The van der Waals surface area contributed by atoms with E-state index in [2.05, 4.69) is 6.92 Å². The molecule has 0 amide bonds. The summed E-state index contributed by atoms with van der Waals surface area (Å²) in [7, 11) is 0. The lowest BCUT2D eigenvalue weighted by atomic mass is 9.50. The Bertz CT molecular complexity index is 434. The second-order valence-electron chi connectivity index (χ2n) is 12.0. The van der Waals surface area contributed by atoms with E-state index in [0.29, 0.717) is 5.41 Å². The Balaban J connectivity index is 1.03. The number of rotatable bonds is 6. The Labute approximate surface area is 159 Å². The van der Waals surface area contributed by atoms with Crippen LogP contribution in [0.25, 0.3) is 0 Å². The molecule has 1 unspecified atom stereocenters. The monoisotopic (exact) mass is 358 g/mol. The van der Waals surface area contributed by atoms with E-state index in [1.54, 1.807) is 0 Å². The number of hydrogen-bond acceptors (Lipinski definition) is 2. The smallest absolute Gasteiger partial charge is 0.0781 e. The van der Waals surface area contributed by atoms with Crippen molar-refractivity contribution in [3.05, 3.63) is 0 Å². The minimum Gasteiger partial charge on any atom is -0.376 e. The largest absolute Gasteiger partial charge is 0.376 e. The SMILES string of the molecule is CC(COC12CC3CC(CC(C3)C1)C2)OCC12CC3CC(CC(C3)C1)C2. The van der Waals surface area contributed by atoms with Gasteiger partial charge >= 0.3 is 0 Å². The van der Waals surface area contributed by atoms with Gasteiger partial charge in [0.05, 0.1) is 24.9 Å². The van der Waals surface area contributed by atoms with Gasteiger partial charge in [0.15, 0.2) is 0 Å². The predicted molar refractivity (Wildman–Crippen MR) is 103 cm³/mol. The maximum absolute atomic E-state index is 6.65. The fourth-order valence-corrected chi connectivity index (χ4v) is 9.34. The summed E-state index contributed by atoms with van der Waals surface area (Å²) in [5.41, 5.74) is 0.788. The minimum atomic E-state index is 0.243. The van der Waals surface area contributed by atoms with Crippen LogP contribution in [0, 0.1) is 40.9 Å². The van der Waals surface area contributed by atoms with Crippen molar-refractivity contribution >= 4 is 0 Å². The van der Waals surface area contributed by atoms with Gasteiger partial charge < -0.3 is 9.47 Å². The van der Waals surface area contributed by atoms with E-state index in [1.165, 1.54) is 77.0 Å². The third-order valence-corrected chi connectivity index (χ3v) is 9.45. The third-order valence-electron chi connectivity index (χ3n) is 9.45. The molecule has 8 fully saturated rings. The zero-order valence-corrected chi connectivity index (χ0v) is 16.8. The molecule has 8 aliphatic rings. The van der Waals surface area contributed by atoms with Gasteiger partial charge in [-0.3, -0.25) is 0 Å². The molecule has 8 aliphatic carbocycles. The van der Waals surface area contributed by atoms with Crippen LogP contribution in [0.15, 0.2) is 0 Å². The van der Waals surface area contributed by atoms with Crippen LogP contribution >= 0.6 is 0 Å². The highest BCUT2D eigenvalue weighted by atomic mass is 16.5. The highest BCUT2D eigenvalue weighted by Gasteiger charge is 2.52. The van der Waals surface area contributed by atoms with Gasteiger partial charge in [0.25, 0.3) is 0 Å². The fraction of sp³-hybridized carbons (Fsp3) is 1.00. The first-order chi connectivity index (χ1) is 12.6. The quantitative estimate of drug-likeness (QED) is 0.616. The minimum absolute atomic E-state index is 0.243. The van der Waals surface area contributed by atoms with Crippen molar-refractivity contribution in [2.45, 2.75) is 95.7 Å². The summed E-state index contributed by atoms with van der Waals surface area (Å²) >= 11 is 0. The van der Waals surface area contributed by atoms with Gasteiger partial charge in [-0.1, -0.05) is 0 Å². The van der Waals surface area contributed by atoms with Gasteiger partial charge in [0.1, 0.15) is 0 Å². The summed E-state index contributed by atoms with van der Waals surface area (Å²) in [5, 5.41) is 0. The molecule has 0 heterocycles. The van der Waals surface area contributed by atoms with Crippen molar-refractivity contribution in [1.29, 1.82) is 0 Å². The van der Waals surface area contributed by atoms with Gasteiger partial charge in [-0.25, -0.2) is 0 Å². The molecule has 8 rings (SSSR count). The van der Waals surface area contributed by atoms with Crippen molar-refractivity contribution in [2.24, 2.45) is 40.9 Å². The van der Waals surface area contributed by atoms with Crippen LogP contribution in [-0.4, -0.2) is 24.9 Å². The highest BCUT2D eigenvalue weighted by Crippen LogP contribution is 2.60. The van der Waals surface area contributed by atoms with E-state index >= 15 is 0 Å². The van der Waals surface area contributed by atoms with E-state index in [4.69, 9.17) is 9.47 Å². The molecule has 8 saturated carbocycles. The summed E-state index contributed by atoms with van der Waals surface area (Å²) in [6.07, 6.45) is 17.8. The summed E-state index contributed by atoms with van der Waals surface area (Å²) in [5.74, 6) is 6.02. The second-order valence-corrected chi connectivity index (χ2v) is 12.0. The molecule has 0 aromatic carbocycles. The lowest BCUT2D eigenvalue weighted by molar-refractivity contribution is -0.185. The molecule has 0 aromatic heterocycles. The third kappa shape index (κ3) is 2.89. The molecule has 26 heavy (non-hydrogen) atoms. The van der Waals surface area contributed by atoms with Crippen molar-refractivity contribution in [3.8, 4) is 0 Å². The van der Waals surface area contributed by atoms with Crippen LogP contribution in [0.5, 0.6) is 0 Å². The maximum atomic E-state index is 6.65. The maximum Gasteiger partial charge on any atom is 0.0781 e. The zero-order valence-electron chi connectivity index (χ0n) is 16.8. The van der Waals surface area contributed by atoms with Crippen molar-refractivity contribution in [2.75, 3.05) is 13.2 Å². The normalized spacial score (nSPS) is 54.8. The first-order valence-corrected chi connectivity index (χ1v) is 11.8. The number of hydrogen-bond donors (Lipinski definition) is 0. The second kappa shape index (κ2) is 5.96. The van der Waals surface area contributed by atoms with E-state index in [1.807, 2.05) is 0 Å². The lowest BCUT2D eigenvalue weighted by Crippen LogP contribution is -2.52. The summed E-state index contributed by atoms with van der Waals surface area (Å²) in [6.45, 7) is 4.11.